The number of pyridine rings is 1. The van der Waals surface area contributed by atoms with Crippen molar-refractivity contribution in [2.24, 2.45) is 7.05 Å². The number of hydrogen-bond acceptors (Lipinski definition) is 6. The van der Waals surface area contributed by atoms with Crippen molar-refractivity contribution >= 4 is 28.3 Å². The lowest BCUT2D eigenvalue weighted by Crippen LogP contribution is -2.23. The van der Waals surface area contributed by atoms with E-state index in [1.54, 1.807) is 27.0 Å². The number of nitrogens with one attached hydrogen (secondary N) is 1. The average Bonchev–Trinajstić information content (AvgIpc) is 3.56. The fraction of sp³-hybridized carbons (Fsp3) is 0.174. The van der Waals surface area contributed by atoms with Crippen molar-refractivity contribution in [2.75, 3.05) is 0 Å². The van der Waals surface area contributed by atoms with Crippen LogP contribution in [0.1, 0.15) is 27.2 Å². The van der Waals surface area contributed by atoms with Gasteiger partial charge in [0.1, 0.15) is 12.7 Å². The van der Waals surface area contributed by atoms with E-state index in [1.807, 2.05) is 61.8 Å². The summed E-state index contributed by atoms with van der Waals surface area (Å²) in [7, 11) is 1.85. The van der Waals surface area contributed by atoms with E-state index in [0.717, 1.165) is 32.8 Å². The van der Waals surface area contributed by atoms with Crippen LogP contribution in [0, 0.1) is 6.92 Å². The molecule has 0 bridgehead atoms. The number of carbonyl (C=O) groups excluding carboxylic acids is 1. The second-order valence-electron chi connectivity index (χ2n) is 7.53. The molecule has 5 rings (SSSR count). The third-order valence-corrected chi connectivity index (χ3v) is 6.17. The highest BCUT2D eigenvalue weighted by Gasteiger charge is 2.19. The Morgan fingerprint density at radius 2 is 1.97 bits per heavy atom. The number of fused-ring (bicyclic) bond motifs is 1. The van der Waals surface area contributed by atoms with Gasteiger partial charge in [0, 0.05) is 13.6 Å². The molecule has 0 aliphatic heterocycles. The van der Waals surface area contributed by atoms with Crippen molar-refractivity contribution in [3.63, 3.8) is 0 Å². The number of hydrogen-bond donors (Lipinski definition) is 1. The van der Waals surface area contributed by atoms with Gasteiger partial charge in [-0.2, -0.15) is 10.2 Å². The van der Waals surface area contributed by atoms with E-state index in [2.05, 4.69) is 20.5 Å². The molecule has 5 aromatic rings. The molecule has 0 atom stereocenters. The first-order valence-corrected chi connectivity index (χ1v) is 11.0. The summed E-state index contributed by atoms with van der Waals surface area (Å²) in [6, 6.07) is 13.9. The van der Waals surface area contributed by atoms with E-state index < -0.39 is 0 Å². The number of carbonyl (C=O) groups is 1. The summed E-state index contributed by atoms with van der Waals surface area (Å²) in [6.45, 7) is 2.99. The minimum atomic E-state index is -0.141. The predicted molar refractivity (Wildman–Crippen MR) is 123 cm³/mol. The standard InChI is InChI=1S/C23H21N7OS/c1-15-21-18(10-19(20-4-3-9-32-20)27-22(21)29(2)28-15)23(31)25-11-16-5-7-17(8-6-16)12-30-14-24-13-26-30/h3-10,13-14H,11-12H2,1-2H3,(H,25,31). The van der Waals surface area contributed by atoms with Crippen molar-refractivity contribution in [3.8, 4) is 10.6 Å². The summed E-state index contributed by atoms with van der Waals surface area (Å²) in [5, 5.41) is 14.4. The first-order valence-electron chi connectivity index (χ1n) is 10.1. The predicted octanol–water partition coefficient (Wildman–Crippen LogP) is 3.58. The normalized spacial score (nSPS) is 11.2. The Morgan fingerprint density at radius 1 is 1.16 bits per heavy atom. The summed E-state index contributed by atoms with van der Waals surface area (Å²) in [5.41, 5.74) is 5.00. The molecule has 160 valence electrons. The van der Waals surface area contributed by atoms with Gasteiger partial charge < -0.3 is 5.32 Å². The van der Waals surface area contributed by atoms with Crippen LogP contribution in [0.4, 0.5) is 0 Å². The molecule has 0 fully saturated rings. The monoisotopic (exact) mass is 443 g/mol. The van der Waals surface area contributed by atoms with Crippen molar-refractivity contribution in [2.45, 2.75) is 20.0 Å². The lowest BCUT2D eigenvalue weighted by molar-refractivity contribution is 0.0952. The van der Waals surface area contributed by atoms with E-state index in [1.165, 1.54) is 6.33 Å². The first-order chi connectivity index (χ1) is 15.6. The quantitative estimate of drug-likeness (QED) is 0.433. The van der Waals surface area contributed by atoms with Crippen LogP contribution < -0.4 is 5.32 Å². The van der Waals surface area contributed by atoms with Gasteiger partial charge >= 0.3 is 0 Å². The second kappa shape index (κ2) is 8.35. The SMILES string of the molecule is Cc1nn(C)c2nc(-c3cccs3)cc(C(=O)NCc3ccc(Cn4cncn4)cc3)c12. The topological polar surface area (TPSA) is 90.5 Å². The molecule has 0 saturated heterocycles. The van der Waals surface area contributed by atoms with Gasteiger partial charge in [-0.1, -0.05) is 30.3 Å². The van der Waals surface area contributed by atoms with Gasteiger partial charge in [-0.3, -0.25) is 9.48 Å². The molecule has 0 aliphatic rings. The Bertz CT molecular complexity index is 1370. The number of nitrogens with zero attached hydrogens (tertiary/aromatic N) is 6. The smallest absolute Gasteiger partial charge is 0.252 e. The van der Waals surface area contributed by atoms with Crippen molar-refractivity contribution in [1.29, 1.82) is 0 Å². The Labute approximate surface area is 188 Å². The molecule has 0 spiro atoms. The maximum absolute atomic E-state index is 13.2. The van der Waals surface area contributed by atoms with Gasteiger partial charge in [0.05, 0.1) is 33.8 Å². The van der Waals surface area contributed by atoms with Crippen LogP contribution in [0.25, 0.3) is 21.6 Å². The summed E-state index contributed by atoms with van der Waals surface area (Å²) < 4.78 is 3.50. The van der Waals surface area contributed by atoms with Gasteiger partial charge in [-0.15, -0.1) is 11.3 Å². The molecule has 1 amide bonds. The number of benzene rings is 1. The maximum atomic E-state index is 13.2. The lowest BCUT2D eigenvalue weighted by atomic mass is 10.1. The number of rotatable bonds is 6. The Hall–Kier alpha value is -3.85. The van der Waals surface area contributed by atoms with E-state index in [9.17, 15) is 4.79 Å². The van der Waals surface area contributed by atoms with Crippen molar-refractivity contribution < 1.29 is 4.79 Å². The van der Waals surface area contributed by atoms with Crippen LogP contribution in [-0.4, -0.2) is 35.4 Å². The molecule has 9 heteroatoms. The summed E-state index contributed by atoms with van der Waals surface area (Å²) in [4.78, 5) is 22.9. The molecule has 1 N–H and O–H groups in total. The molecule has 1 aromatic carbocycles. The van der Waals surface area contributed by atoms with Gasteiger partial charge in [0.2, 0.25) is 0 Å². The van der Waals surface area contributed by atoms with Crippen LogP contribution >= 0.6 is 11.3 Å². The third-order valence-electron chi connectivity index (χ3n) is 5.27. The third kappa shape index (κ3) is 3.90. The Balaban J connectivity index is 1.37. The van der Waals surface area contributed by atoms with Crippen LogP contribution in [0.5, 0.6) is 0 Å². The first kappa shape index (κ1) is 20.1. The highest BCUT2D eigenvalue weighted by molar-refractivity contribution is 7.13. The molecule has 4 aromatic heterocycles. The fourth-order valence-corrected chi connectivity index (χ4v) is 4.40. The molecule has 8 nitrogen and oxygen atoms in total. The molecule has 0 radical (unpaired) electrons. The summed E-state index contributed by atoms with van der Waals surface area (Å²) >= 11 is 1.60. The Morgan fingerprint density at radius 3 is 2.69 bits per heavy atom. The largest absolute Gasteiger partial charge is 0.348 e. The molecule has 4 heterocycles. The van der Waals surface area contributed by atoms with Crippen LogP contribution in [0.3, 0.4) is 0 Å². The number of aromatic nitrogens is 6. The van der Waals surface area contributed by atoms with Gasteiger partial charge in [0.25, 0.3) is 5.91 Å². The zero-order valence-electron chi connectivity index (χ0n) is 17.7. The van der Waals surface area contributed by atoms with E-state index in [4.69, 9.17) is 4.98 Å². The van der Waals surface area contributed by atoms with Gasteiger partial charge in [-0.25, -0.2) is 14.6 Å². The second-order valence-corrected chi connectivity index (χ2v) is 8.48. The Kier molecular flexibility index (Phi) is 5.24. The van der Waals surface area contributed by atoms with Crippen molar-refractivity contribution in [1.82, 2.24) is 34.8 Å². The number of aryl methyl sites for hydroxylation is 2. The van der Waals surface area contributed by atoms with Gasteiger partial charge in [-0.05, 0) is 35.6 Å². The average molecular weight is 444 g/mol. The summed E-state index contributed by atoms with van der Waals surface area (Å²) in [6.07, 6.45) is 3.21. The zero-order chi connectivity index (χ0) is 22.1. The number of amides is 1. The van der Waals surface area contributed by atoms with Crippen LogP contribution in [0.2, 0.25) is 0 Å². The van der Waals surface area contributed by atoms with E-state index in [-0.39, 0.29) is 5.91 Å². The molecule has 0 aliphatic carbocycles. The zero-order valence-corrected chi connectivity index (χ0v) is 18.5. The molecular weight excluding hydrogens is 422 g/mol. The fourth-order valence-electron chi connectivity index (χ4n) is 3.72. The maximum Gasteiger partial charge on any atom is 0.252 e. The molecule has 0 unspecified atom stereocenters. The van der Waals surface area contributed by atoms with Gasteiger partial charge in [0.15, 0.2) is 5.65 Å². The van der Waals surface area contributed by atoms with Crippen LogP contribution in [0.15, 0.2) is 60.5 Å². The summed E-state index contributed by atoms with van der Waals surface area (Å²) in [5.74, 6) is -0.141. The van der Waals surface area contributed by atoms with Crippen LogP contribution in [-0.2, 0) is 20.1 Å². The van der Waals surface area contributed by atoms with E-state index in [0.29, 0.717) is 24.3 Å². The van der Waals surface area contributed by atoms with Crippen molar-refractivity contribution in [3.05, 3.63) is 82.9 Å². The molecule has 0 saturated carbocycles. The van der Waals surface area contributed by atoms with E-state index >= 15 is 0 Å². The minimum absolute atomic E-state index is 0.141. The molecular formula is C23H21N7OS. The minimum Gasteiger partial charge on any atom is -0.348 e. The highest BCUT2D eigenvalue weighted by Crippen LogP contribution is 2.29. The highest BCUT2D eigenvalue weighted by atomic mass is 32.1. The molecule has 32 heavy (non-hydrogen) atoms. The lowest BCUT2D eigenvalue weighted by Gasteiger charge is -2.09. The number of thiophene rings is 1.